The Morgan fingerprint density at radius 3 is 2.46 bits per heavy atom. The van der Waals surface area contributed by atoms with Crippen molar-refractivity contribution in [2.75, 3.05) is 27.9 Å². The Labute approximate surface area is 166 Å². The van der Waals surface area contributed by atoms with Gasteiger partial charge in [-0.25, -0.2) is 0 Å². The highest BCUT2D eigenvalue weighted by molar-refractivity contribution is 9.10. The zero-order chi connectivity index (χ0) is 19.1. The molecular weight excluding hydrogens is 422 g/mol. The molecule has 0 spiro atoms. The summed E-state index contributed by atoms with van der Waals surface area (Å²) < 4.78 is 16.6. The maximum absolute atomic E-state index is 12.4. The van der Waals surface area contributed by atoms with E-state index in [0.717, 1.165) is 15.6 Å². The van der Waals surface area contributed by atoms with Crippen molar-refractivity contribution in [3.63, 3.8) is 0 Å². The lowest BCUT2D eigenvalue weighted by atomic mass is 10.1. The molecule has 0 saturated carbocycles. The van der Waals surface area contributed by atoms with Gasteiger partial charge in [-0.3, -0.25) is 9.79 Å². The second-order valence-corrected chi connectivity index (χ2v) is 6.63. The van der Waals surface area contributed by atoms with Crippen LogP contribution < -0.4 is 9.47 Å². The number of methoxy groups -OCH3 is 3. The summed E-state index contributed by atoms with van der Waals surface area (Å²) >= 11 is 9.30. The first kappa shape index (κ1) is 20.4. The first-order chi connectivity index (χ1) is 12.5. The van der Waals surface area contributed by atoms with E-state index in [1.807, 2.05) is 6.07 Å². The molecule has 0 bridgehead atoms. The van der Waals surface area contributed by atoms with Crippen LogP contribution in [0.3, 0.4) is 0 Å². The molecular formula is C19H19BrClNO4. The van der Waals surface area contributed by atoms with Gasteiger partial charge in [-0.05, 0) is 51.3 Å². The minimum atomic E-state index is -0.679. The number of Topliss-reactive ketones (excluding diaryl/α,β-unsaturated/α-hetero) is 1. The topological polar surface area (TPSA) is 57.1 Å². The van der Waals surface area contributed by atoms with Gasteiger partial charge < -0.3 is 14.2 Å². The number of rotatable bonds is 8. The number of carbonyl (C=O) groups is 1. The Kier molecular flexibility index (Phi) is 7.63. The van der Waals surface area contributed by atoms with E-state index >= 15 is 0 Å². The summed E-state index contributed by atoms with van der Waals surface area (Å²) in [6.45, 7) is -0.00685. The number of hydrogen-bond acceptors (Lipinski definition) is 5. The number of benzene rings is 2. The Morgan fingerprint density at radius 2 is 1.88 bits per heavy atom. The van der Waals surface area contributed by atoms with E-state index in [4.69, 9.17) is 25.8 Å². The van der Waals surface area contributed by atoms with Gasteiger partial charge in [-0.2, -0.15) is 0 Å². The van der Waals surface area contributed by atoms with E-state index in [0.29, 0.717) is 16.5 Å². The normalized spacial score (nSPS) is 12.2. The SMILES string of the molecule is COc1cc(C=NCC(=O)C(OC)c2ccc(Cl)cc2)cc(Br)c1OC. The number of nitrogens with zero attached hydrogens (tertiary/aromatic N) is 1. The van der Waals surface area contributed by atoms with Gasteiger partial charge in [-0.1, -0.05) is 23.7 Å². The van der Waals surface area contributed by atoms with Gasteiger partial charge >= 0.3 is 0 Å². The highest BCUT2D eigenvalue weighted by Gasteiger charge is 2.19. The third kappa shape index (κ3) is 5.06. The number of halogens is 2. The van der Waals surface area contributed by atoms with Gasteiger partial charge in [0.15, 0.2) is 17.3 Å². The van der Waals surface area contributed by atoms with Crippen molar-refractivity contribution < 1.29 is 19.0 Å². The van der Waals surface area contributed by atoms with Crippen molar-refractivity contribution in [1.82, 2.24) is 0 Å². The molecule has 0 radical (unpaired) electrons. The molecule has 0 fully saturated rings. The number of carbonyl (C=O) groups excluding carboxylic acids is 1. The Balaban J connectivity index is 2.10. The summed E-state index contributed by atoms with van der Waals surface area (Å²) in [6, 6.07) is 10.6. The second kappa shape index (κ2) is 9.71. The summed E-state index contributed by atoms with van der Waals surface area (Å²) in [7, 11) is 4.62. The molecule has 2 rings (SSSR count). The standard InChI is InChI=1S/C19H19BrClNO4/c1-24-17-9-12(8-15(20)19(17)26-3)10-22-11-16(23)18(25-2)13-4-6-14(21)7-5-13/h4-10,18H,11H2,1-3H3. The lowest BCUT2D eigenvalue weighted by molar-refractivity contribution is -0.127. The van der Waals surface area contributed by atoms with Crippen molar-refractivity contribution >= 4 is 39.5 Å². The van der Waals surface area contributed by atoms with Crippen LogP contribution >= 0.6 is 27.5 Å². The lowest BCUT2D eigenvalue weighted by Gasteiger charge is -2.13. The predicted molar refractivity (Wildman–Crippen MR) is 106 cm³/mol. The average Bonchev–Trinajstić information content (AvgIpc) is 2.63. The Morgan fingerprint density at radius 1 is 1.19 bits per heavy atom. The fraction of sp³-hybridized carbons (Fsp3) is 0.263. The van der Waals surface area contributed by atoms with Crippen molar-refractivity contribution in [3.05, 3.63) is 57.0 Å². The van der Waals surface area contributed by atoms with Gasteiger partial charge in [0.05, 0.1) is 18.7 Å². The maximum Gasteiger partial charge on any atom is 0.187 e. The van der Waals surface area contributed by atoms with Crippen LogP contribution in [0.25, 0.3) is 0 Å². The minimum absolute atomic E-state index is 0.00685. The molecule has 26 heavy (non-hydrogen) atoms. The van der Waals surface area contributed by atoms with Crippen LogP contribution in [0.15, 0.2) is 45.9 Å². The van der Waals surface area contributed by atoms with Crippen LogP contribution in [-0.4, -0.2) is 39.9 Å². The van der Waals surface area contributed by atoms with Crippen LogP contribution in [0.2, 0.25) is 5.02 Å². The lowest BCUT2D eigenvalue weighted by Crippen LogP contribution is -2.17. The summed E-state index contributed by atoms with van der Waals surface area (Å²) in [5.41, 5.74) is 1.52. The van der Waals surface area contributed by atoms with Crippen molar-refractivity contribution in [1.29, 1.82) is 0 Å². The molecule has 0 saturated heterocycles. The van der Waals surface area contributed by atoms with Gasteiger partial charge in [-0.15, -0.1) is 0 Å². The van der Waals surface area contributed by atoms with Gasteiger partial charge in [0.25, 0.3) is 0 Å². The monoisotopic (exact) mass is 439 g/mol. The summed E-state index contributed by atoms with van der Waals surface area (Å²) in [4.78, 5) is 16.6. The molecule has 138 valence electrons. The highest BCUT2D eigenvalue weighted by atomic mass is 79.9. The largest absolute Gasteiger partial charge is 0.493 e. The molecule has 0 N–H and O–H groups in total. The van der Waals surface area contributed by atoms with Gasteiger partial charge in [0.1, 0.15) is 12.6 Å². The molecule has 0 amide bonds. The Hall–Kier alpha value is -1.89. The molecule has 1 atom stereocenters. The van der Waals surface area contributed by atoms with E-state index in [1.54, 1.807) is 50.8 Å². The fourth-order valence-corrected chi connectivity index (χ4v) is 3.17. The number of ether oxygens (including phenoxy) is 3. The van der Waals surface area contributed by atoms with E-state index in [1.165, 1.54) is 7.11 Å². The van der Waals surface area contributed by atoms with Crippen LogP contribution in [-0.2, 0) is 9.53 Å². The van der Waals surface area contributed by atoms with Crippen LogP contribution in [0, 0.1) is 0 Å². The molecule has 2 aromatic rings. The summed E-state index contributed by atoms with van der Waals surface area (Å²) in [5.74, 6) is 1.03. The third-order valence-electron chi connectivity index (χ3n) is 3.64. The average molecular weight is 441 g/mol. The van der Waals surface area contributed by atoms with Crippen LogP contribution in [0.4, 0.5) is 0 Å². The molecule has 7 heteroatoms. The Bertz CT molecular complexity index is 793. The first-order valence-electron chi connectivity index (χ1n) is 7.72. The minimum Gasteiger partial charge on any atom is -0.493 e. The van der Waals surface area contributed by atoms with E-state index in [-0.39, 0.29) is 12.3 Å². The zero-order valence-electron chi connectivity index (χ0n) is 14.7. The quantitative estimate of drug-likeness (QED) is 0.567. The maximum atomic E-state index is 12.4. The molecule has 0 aliphatic rings. The number of ketones is 1. The smallest absolute Gasteiger partial charge is 0.187 e. The summed E-state index contributed by atoms with van der Waals surface area (Å²) in [6.07, 6.45) is 0.931. The molecule has 1 unspecified atom stereocenters. The number of hydrogen-bond donors (Lipinski definition) is 0. The molecule has 0 aliphatic carbocycles. The van der Waals surface area contributed by atoms with Gasteiger partial charge in [0, 0.05) is 18.3 Å². The van der Waals surface area contributed by atoms with Crippen molar-refractivity contribution in [2.24, 2.45) is 4.99 Å². The molecule has 5 nitrogen and oxygen atoms in total. The van der Waals surface area contributed by atoms with Crippen LogP contribution in [0.1, 0.15) is 17.2 Å². The third-order valence-corrected chi connectivity index (χ3v) is 4.49. The molecule has 0 heterocycles. The van der Waals surface area contributed by atoms with Crippen molar-refractivity contribution in [2.45, 2.75) is 6.10 Å². The van der Waals surface area contributed by atoms with Crippen LogP contribution in [0.5, 0.6) is 11.5 Å². The molecule has 0 aromatic heterocycles. The summed E-state index contributed by atoms with van der Waals surface area (Å²) in [5, 5.41) is 0.605. The van der Waals surface area contributed by atoms with E-state index < -0.39 is 6.10 Å². The zero-order valence-corrected chi connectivity index (χ0v) is 17.0. The highest BCUT2D eigenvalue weighted by Crippen LogP contribution is 2.35. The number of aliphatic imine (C=N–C) groups is 1. The van der Waals surface area contributed by atoms with E-state index in [9.17, 15) is 4.79 Å². The predicted octanol–water partition coefficient (Wildman–Crippen LogP) is 4.50. The fourth-order valence-electron chi connectivity index (χ4n) is 2.43. The van der Waals surface area contributed by atoms with Crippen molar-refractivity contribution in [3.8, 4) is 11.5 Å². The molecule has 2 aromatic carbocycles. The second-order valence-electron chi connectivity index (χ2n) is 5.34. The van der Waals surface area contributed by atoms with Gasteiger partial charge in [0.2, 0.25) is 0 Å². The first-order valence-corrected chi connectivity index (χ1v) is 8.89. The van der Waals surface area contributed by atoms with E-state index in [2.05, 4.69) is 20.9 Å². The molecule has 0 aliphatic heterocycles.